The molecule has 2 nitrogen and oxygen atoms in total. The van der Waals surface area contributed by atoms with Crippen LogP contribution in [-0.4, -0.2) is 9.97 Å². The van der Waals surface area contributed by atoms with Crippen molar-refractivity contribution in [3.63, 3.8) is 0 Å². The molecule has 0 aliphatic carbocycles. The molecule has 0 N–H and O–H groups in total. The first-order chi connectivity index (χ1) is 10.6. The molecule has 112 valence electrons. The minimum Gasteiger partial charge on any atom is -0.231 e. The van der Waals surface area contributed by atoms with Gasteiger partial charge < -0.3 is 0 Å². The third kappa shape index (κ3) is 3.63. The van der Waals surface area contributed by atoms with Crippen molar-refractivity contribution in [3.05, 3.63) is 62.4 Å². The van der Waals surface area contributed by atoms with Crippen LogP contribution in [0, 0.1) is 6.92 Å². The van der Waals surface area contributed by atoms with E-state index in [1.807, 2.05) is 24.3 Å². The van der Waals surface area contributed by atoms with Crippen LogP contribution in [0.15, 0.2) is 47.8 Å². The number of halogens is 2. The summed E-state index contributed by atoms with van der Waals surface area (Å²) in [5.41, 5.74) is 4.23. The van der Waals surface area contributed by atoms with Crippen LogP contribution >= 0.6 is 46.3 Å². The first-order valence-corrected chi connectivity index (χ1v) is 9.15. The van der Waals surface area contributed by atoms with Crippen LogP contribution in [0.3, 0.4) is 0 Å². The number of hydrogen-bond donors (Lipinski definition) is 0. The highest BCUT2D eigenvalue weighted by Crippen LogP contribution is 2.37. The fourth-order valence-electron chi connectivity index (χ4n) is 1.99. The molecule has 0 unspecified atom stereocenters. The highest BCUT2D eigenvalue weighted by molar-refractivity contribution is 7.98. The number of thioether (sulfide) groups is 1. The number of rotatable bonds is 4. The second-order valence-electron chi connectivity index (χ2n) is 4.68. The Morgan fingerprint density at radius 1 is 1.18 bits per heavy atom. The normalized spacial score (nSPS) is 10.9. The Morgan fingerprint density at radius 3 is 2.73 bits per heavy atom. The third-order valence-electron chi connectivity index (χ3n) is 3.18. The molecular weight excluding hydrogens is 355 g/mol. The zero-order chi connectivity index (χ0) is 15.5. The number of nitrogens with zero attached hydrogens (tertiary/aromatic N) is 2. The summed E-state index contributed by atoms with van der Waals surface area (Å²) in [7, 11) is 0. The van der Waals surface area contributed by atoms with E-state index >= 15 is 0 Å². The van der Waals surface area contributed by atoms with Gasteiger partial charge in [-0.25, -0.2) is 9.97 Å². The van der Waals surface area contributed by atoms with Crippen LogP contribution in [0.25, 0.3) is 11.3 Å². The van der Waals surface area contributed by atoms with Crippen molar-refractivity contribution in [1.29, 1.82) is 0 Å². The van der Waals surface area contributed by atoms with Crippen LogP contribution in [0.2, 0.25) is 8.67 Å². The average molecular weight is 367 g/mol. The summed E-state index contributed by atoms with van der Waals surface area (Å²) in [5, 5.41) is 0.735. The first kappa shape index (κ1) is 15.8. The van der Waals surface area contributed by atoms with Crippen molar-refractivity contribution in [2.45, 2.75) is 17.8 Å². The molecule has 6 heteroatoms. The number of aromatic nitrogens is 2. The molecular formula is C16H12Cl2N2S2. The Labute approximate surface area is 147 Å². The predicted molar refractivity (Wildman–Crippen MR) is 96.1 cm³/mol. The van der Waals surface area contributed by atoms with Gasteiger partial charge in [-0.15, -0.1) is 11.3 Å². The maximum absolute atomic E-state index is 6.19. The fraction of sp³-hybridized carbons (Fsp3) is 0.125. The number of aryl methyl sites for hydroxylation is 1. The third-order valence-corrected chi connectivity index (χ3v) is 5.58. The van der Waals surface area contributed by atoms with Crippen molar-refractivity contribution in [2.75, 3.05) is 0 Å². The van der Waals surface area contributed by atoms with E-state index in [1.165, 1.54) is 22.5 Å². The van der Waals surface area contributed by atoms with E-state index in [0.29, 0.717) is 8.67 Å². The zero-order valence-corrected chi connectivity index (χ0v) is 14.9. The SMILES string of the molecule is Cc1ccccc1CSc1nccc(-c2cc(Cl)sc2Cl)n1. The Morgan fingerprint density at radius 2 is 2.00 bits per heavy atom. The fourth-order valence-corrected chi connectivity index (χ4v) is 4.38. The zero-order valence-electron chi connectivity index (χ0n) is 11.7. The van der Waals surface area contributed by atoms with Gasteiger partial charge in [0.25, 0.3) is 0 Å². The summed E-state index contributed by atoms with van der Waals surface area (Å²) in [4.78, 5) is 8.90. The maximum Gasteiger partial charge on any atom is 0.188 e. The van der Waals surface area contributed by atoms with Crippen LogP contribution in [-0.2, 0) is 5.75 Å². The first-order valence-electron chi connectivity index (χ1n) is 6.59. The molecule has 0 spiro atoms. The number of benzene rings is 1. The van der Waals surface area contributed by atoms with Gasteiger partial charge in [0.1, 0.15) is 4.34 Å². The van der Waals surface area contributed by atoms with Crippen molar-refractivity contribution in [1.82, 2.24) is 9.97 Å². The second-order valence-corrected chi connectivity index (χ2v) is 7.91. The van der Waals surface area contributed by atoms with Gasteiger partial charge >= 0.3 is 0 Å². The molecule has 22 heavy (non-hydrogen) atoms. The molecule has 0 saturated carbocycles. The summed E-state index contributed by atoms with van der Waals surface area (Å²) in [6.07, 6.45) is 1.75. The van der Waals surface area contributed by atoms with Gasteiger partial charge in [-0.3, -0.25) is 0 Å². The lowest BCUT2D eigenvalue weighted by atomic mass is 10.1. The van der Waals surface area contributed by atoms with E-state index in [0.717, 1.165) is 22.2 Å². The lowest BCUT2D eigenvalue weighted by molar-refractivity contribution is 0.972. The lowest BCUT2D eigenvalue weighted by Crippen LogP contribution is -1.91. The number of hydrogen-bond acceptors (Lipinski definition) is 4. The molecule has 0 radical (unpaired) electrons. The van der Waals surface area contributed by atoms with Crippen molar-refractivity contribution in [3.8, 4) is 11.3 Å². The second kappa shape index (κ2) is 7.01. The van der Waals surface area contributed by atoms with Crippen LogP contribution < -0.4 is 0 Å². The molecule has 3 rings (SSSR count). The minimum absolute atomic E-state index is 0.651. The Bertz CT molecular complexity index is 802. The van der Waals surface area contributed by atoms with Gasteiger partial charge in [0.05, 0.1) is 10.0 Å². The summed E-state index contributed by atoms with van der Waals surface area (Å²) in [5.74, 6) is 0.842. The Kier molecular flexibility index (Phi) is 5.03. The van der Waals surface area contributed by atoms with Crippen LogP contribution in [0.4, 0.5) is 0 Å². The predicted octanol–water partition coefficient (Wildman–Crippen LogP) is 6.11. The van der Waals surface area contributed by atoms with Crippen molar-refractivity contribution >= 4 is 46.3 Å². The van der Waals surface area contributed by atoms with Gasteiger partial charge in [0.2, 0.25) is 0 Å². The van der Waals surface area contributed by atoms with E-state index in [4.69, 9.17) is 23.2 Å². The Balaban J connectivity index is 1.80. The van der Waals surface area contributed by atoms with Gasteiger partial charge in [-0.2, -0.15) is 0 Å². The molecule has 0 fully saturated rings. The quantitative estimate of drug-likeness (QED) is 0.411. The molecule has 0 aliphatic rings. The maximum atomic E-state index is 6.19. The van der Waals surface area contributed by atoms with Gasteiger partial charge in [0.15, 0.2) is 5.16 Å². The van der Waals surface area contributed by atoms with E-state index in [9.17, 15) is 0 Å². The average Bonchev–Trinajstić information content (AvgIpc) is 2.85. The van der Waals surface area contributed by atoms with Crippen LogP contribution in [0.5, 0.6) is 0 Å². The molecule has 0 atom stereocenters. The van der Waals surface area contributed by atoms with Gasteiger partial charge in [-0.1, -0.05) is 59.2 Å². The number of thiophene rings is 1. The van der Waals surface area contributed by atoms with E-state index < -0.39 is 0 Å². The summed E-state index contributed by atoms with van der Waals surface area (Å²) < 4.78 is 1.31. The van der Waals surface area contributed by atoms with E-state index in [-0.39, 0.29) is 0 Å². The topological polar surface area (TPSA) is 25.8 Å². The molecule has 0 bridgehead atoms. The lowest BCUT2D eigenvalue weighted by Gasteiger charge is -2.05. The van der Waals surface area contributed by atoms with Crippen molar-refractivity contribution in [2.24, 2.45) is 0 Å². The molecule has 2 aromatic heterocycles. The molecule has 0 amide bonds. The highest BCUT2D eigenvalue weighted by atomic mass is 35.5. The monoisotopic (exact) mass is 366 g/mol. The molecule has 3 aromatic rings. The smallest absolute Gasteiger partial charge is 0.188 e. The standard InChI is InChI=1S/C16H12Cl2N2S2/c1-10-4-2-3-5-11(10)9-21-16-19-7-6-13(20-16)12-8-14(17)22-15(12)18/h2-8H,9H2,1H3. The van der Waals surface area contributed by atoms with E-state index in [1.54, 1.807) is 18.0 Å². The van der Waals surface area contributed by atoms with Gasteiger partial charge in [-0.05, 0) is 30.2 Å². The van der Waals surface area contributed by atoms with E-state index in [2.05, 4.69) is 29.0 Å². The largest absolute Gasteiger partial charge is 0.231 e. The molecule has 1 aromatic carbocycles. The van der Waals surface area contributed by atoms with Crippen LogP contribution in [0.1, 0.15) is 11.1 Å². The summed E-state index contributed by atoms with van der Waals surface area (Å²) >= 11 is 15.2. The highest BCUT2D eigenvalue weighted by Gasteiger charge is 2.11. The summed E-state index contributed by atoms with van der Waals surface area (Å²) in [6.45, 7) is 2.11. The molecule has 2 heterocycles. The van der Waals surface area contributed by atoms with Gasteiger partial charge in [0, 0.05) is 17.5 Å². The van der Waals surface area contributed by atoms with Crippen molar-refractivity contribution < 1.29 is 0 Å². The molecule has 0 saturated heterocycles. The Hall–Kier alpha value is -1.07. The molecule has 0 aliphatic heterocycles. The summed E-state index contributed by atoms with van der Waals surface area (Å²) in [6, 6.07) is 12.0. The minimum atomic E-state index is 0.651.